The Morgan fingerprint density at radius 2 is 1.41 bits per heavy atom. The van der Waals surface area contributed by atoms with Gasteiger partial charge in [-0.2, -0.15) is 0 Å². The first-order valence-electron chi connectivity index (χ1n) is 8.54. The van der Waals surface area contributed by atoms with Crippen molar-refractivity contribution in [3.05, 3.63) is 58.9 Å². The van der Waals surface area contributed by atoms with E-state index in [1.54, 1.807) is 24.3 Å². The predicted octanol–water partition coefficient (Wildman–Crippen LogP) is 4.55. The highest BCUT2D eigenvalue weighted by molar-refractivity contribution is 5.95. The highest BCUT2D eigenvalue weighted by Gasteiger charge is 2.27. The minimum Gasteiger partial charge on any atom is -0.370 e. The lowest BCUT2D eigenvalue weighted by molar-refractivity contribution is -0.115. The summed E-state index contributed by atoms with van der Waals surface area (Å²) in [6.45, 7) is 1.62. The number of rotatable bonds is 4. The maximum atomic E-state index is 13.8. The maximum absolute atomic E-state index is 13.8. The van der Waals surface area contributed by atoms with E-state index >= 15 is 0 Å². The van der Waals surface area contributed by atoms with E-state index in [1.807, 2.05) is 0 Å². The van der Waals surface area contributed by atoms with Crippen LogP contribution < -0.4 is 10.2 Å². The van der Waals surface area contributed by atoms with Crippen LogP contribution in [-0.2, 0) is 11.2 Å². The molecule has 2 aromatic rings. The average molecular weight is 384 g/mol. The van der Waals surface area contributed by atoms with Crippen LogP contribution in [0.15, 0.2) is 24.3 Å². The van der Waals surface area contributed by atoms with Gasteiger partial charge < -0.3 is 10.2 Å². The van der Waals surface area contributed by atoms with Gasteiger partial charge in [0.25, 0.3) is 0 Å². The summed E-state index contributed by atoms with van der Waals surface area (Å²) >= 11 is 0. The summed E-state index contributed by atoms with van der Waals surface area (Å²) in [6, 6.07) is 6.91. The summed E-state index contributed by atoms with van der Waals surface area (Å²) in [5, 5.41) is 2.51. The van der Waals surface area contributed by atoms with Crippen LogP contribution in [0.1, 0.15) is 24.8 Å². The summed E-state index contributed by atoms with van der Waals surface area (Å²) in [4.78, 5) is 14.3. The van der Waals surface area contributed by atoms with Gasteiger partial charge in [0.15, 0.2) is 23.3 Å². The Labute approximate surface area is 152 Å². The van der Waals surface area contributed by atoms with Crippen molar-refractivity contribution in [3.63, 3.8) is 0 Å². The molecule has 1 aliphatic heterocycles. The first-order valence-corrected chi connectivity index (χ1v) is 8.54. The number of nitrogens with zero attached hydrogens (tertiary/aromatic N) is 1. The molecule has 0 aromatic heterocycles. The van der Waals surface area contributed by atoms with Gasteiger partial charge in [0, 0.05) is 18.7 Å². The molecular formula is C19H17F5N2O. The molecule has 1 fully saturated rings. The molecular weight excluding hydrogens is 367 g/mol. The molecule has 2 aromatic carbocycles. The largest absolute Gasteiger partial charge is 0.370 e. The number of piperidine rings is 1. The van der Waals surface area contributed by atoms with Crippen LogP contribution in [0.4, 0.5) is 33.3 Å². The van der Waals surface area contributed by atoms with E-state index in [0.29, 0.717) is 5.69 Å². The number of amides is 1. The topological polar surface area (TPSA) is 32.3 Å². The van der Waals surface area contributed by atoms with E-state index in [1.165, 1.54) is 0 Å². The molecule has 0 unspecified atom stereocenters. The number of carbonyl (C=O) groups excluding carboxylic acids is 1. The lowest BCUT2D eigenvalue weighted by atomic mass is 10.1. The Bertz CT molecular complexity index is 836. The average Bonchev–Trinajstić information content (AvgIpc) is 2.69. The van der Waals surface area contributed by atoms with E-state index in [4.69, 9.17) is 0 Å². The number of hydrogen-bond donors (Lipinski definition) is 1. The van der Waals surface area contributed by atoms with Crippen molar-refractivity contribution in [1.29, 1.82) is 0 Å². The Hall–Kier alpha value is -2.64. The predicted molar refractivity (Wildman–Crippen MR) is 91.1 cm³/mol. The van der Waals surface area contributed by atoms with Crippen LogP contribution in [0.3, 0.4) is 0 Å². The van der Waals surface area contributed by atoms with E-state index in [0.717, 1.165) is 38.0 Å². The van der Waals surface area contributed by atoms with Gasteiger partial charge in [0.05, 0.1) is 17.8 Å². The molecule has 8 heteroatoms. The van der Waals surface area contributed by atoms with Crippen LogP contribution in [0.5, 0.6) is 0 Å². The third-order valence-electron chi connectivity index (χ3n) is 4.51. The van der Waals surface area contributed by atoms with Gasteiger partial charge in [-0.25, -0.2) is 22.0 Å². The number of carbonyl (C=O) groups is 1. The molecule has 0 saturated carbocycles. The summed E-state index contributed by atoms with van der Waals surface area (Å²) < 4.78 is 67.2. The molecule has 1 heterocycles. The molecule has 0 aliphatic carbocycles. The van der Waals surface area contributed by atoms with E-state index in [-0.39, 0.29) is 0 Å². The van der Waals surface area contributed by atoms with Crippen molar-refractivity contribution in [2.75, 3.05) is 23.3 Å². The minimum absolute atomic E-state index is 0.424. The molecule has 27 heavy (non-hydrogen) atoms. The zero-order valence-electron chi connectivity index (χ0n) is 14.3. The first kappa shape index (κ1) is 19.1. The van der Waals surface area contributed by atoms with E-state index < -0.39 is 47.0 Å². The number of benzene rings is 2. The number of para-hydroxylation sites is 2. The van der Waals surface area contributed by atoms with Crippen LogP contribution in [0.25, 0.3) is 0 Å². The molecule has 0 radical (unpaired) electrons. The van der Waals surface area contributed by atoms with Crippen molar-refractivity contribution in [2.24, 2.45) is 0 Å². The summed E-state index contributed by atoms with van der Waals surface area (Å²) in [7, 11) is 0. The highest BCUT2D eigenvalue weighted by Crippen LogP contribution is 2.29. The van der Waals surface area contributed by atoms with Crippen LogP contribution in [-0.4, -0.2) is 19.0 Å². The number of halogens is 5. The number of nitrogens with one attached hydrogen (secondary N) is 1. The zero-order chi connectivity index (χ0) is 19.6. The van der Waals surface area contributed by atoms with Crippen LogP contribution in [0, 0.1) is 29.1 Å². The van der Waals surface area contributed by atoms with E-state index in [9.17, 15) is 26.7 Å². The quantitative estimate of drug-likeness (QED) is 0.476. The van der Waals surface area contributed by atoms with Gasteiger partial charge in [0.2, 0.25) is 11.7 Å². The van der Waals surface area contributed by atoms with Gasteiger partial charge in [-0.15, -0.1) is 0 Å². The molecule has 1 amide bonds. The fourth-order valence-electron chi connectivity index (χ4n) is 3.15. The third kappa shape index (κ3) is 3.89. The van der Waals surface area contributed by atoms with E-state index in [2.05, 4.69) is 10.2 Å². The second-order valence-corrected chi connectivity index (χ2v) is 6.34. The SMILES string of the molecule is O=C(Cc1c(F)c(F)c(F)c(F)c1F)Nc1ccccc1N1CCCCC1. The van der Waals surface area contributed by atoms with Gasteiger partial charge >= 0.3 is 0 Å². The molecule has 144 valence electrons. The second-order valence-electron chi connectivity index (χ2n) is 6.34. The molecule has 0 atom stereocenters. The Kier molecular flexibility index (Phi) is 5.62. The molecule has 0 bridgehead atoms. The van der Waals surface area contributed by atoms with Crippen molar-refractivity contribution in [1.82, 2.24) is 0 Å². The minimum atomic E-state index is -2.25. The molecule has 3 rings (SSSR count). The summed E-state index contributed by atoms with van der Waals surface area (Å²) in [5.74, 6) is -11.2. The fraction of sp³-hybridized carbons (Fsp3) is 0.316. The highest BCUT2D eigenvalue weighted by atomic mass is 19.2. The maximum Gasteiger partial charge on any atom is 0.229 e. The first-order chi connectivity index (χ1) is 12.9. The molecule has 1 N–H and O–H groups in total. The Morgan fingerprint density at radius 1 is 0.852 bits per heavy atom. The van der Waals surface area contributed by atoms with Gasteiger partial charge in [-0.05, 0) is 31.4 Å². The summed E-state index contributed by atoms with van der Waals surface area (Å²) in [6.07, 6.45) is 2.16. The molecule has 0 spiro atoms. The lowest BCUT2D eigenvalue weighted by Crippen LogP contribution is -2.30. The second kappa shape index (κ2) is 7.94. The molecule has 3 nitrogen and oxygen atoms in total. The standard InChI is InChI=1S/C19H17F5N2O/c20-15-11(16(21)18(23)19(24)17(15)22)10-14(27)25-12-6-2-3-7-13(12)26-8-4-1-5-9-26/h2-3,6-7H,1,4-5,8-10H2,(H,25,27). The van der Waals surface area contributed by atoms with Crippen LogP contribution >= 0.6 is 0 Å². The molecule has 1 saturated heterocycles. The van der Waals surface area contributed by atoms with Gasteiger partial charge in [-0.1, -0.05) is 12.1 Å². The zero-order valence-corrected chi connectivity index (χ0v) is 14.3. The Balaban J connectivity index is 1.82. The monoisotopic (exact) mass is 384 g/mol. The van der Waals surface area contributed by atoms with Crippen molar-refractivity contribution in [2.45, 2.75) is 25.7 Å². The summed E-state index contributed by atoms with van der Waals surface area (Å²) in [5.41, 5.74) is 0.0237. The number of hydrogen-bond acceptors (Lipinski definition) is 2. The van der Waals surface area contributed by atoms with Gasteiger partial charge in [-0.3, -0.25) is 4.79 Å². The van der Waals surface area contributed by atoms with Crippen molar-refractivity contribution in [3.8, 4) is 0 Å². The van der Waals surface area contributed by atoms with Crippen molar-refractivity contribution < 1.29 is 26.7 Å². The lowest BCUT2D eigenvalue weighted by Gasteiger charge is -2.30. The smallest absolute Gasteiger partial charge is 0.229 e. The third-order valence-corrected chi connectivity index (χ3v) is 4.51. The van der Waals surface area contributed by atoms with Gasteiger partial charge in [0.1, 0.15) is 0 Å². The fourth-order valence-corrected chi connectivity index (χ4v) is 3.15. The van der Waals surface area contributed by atoms with Crippen molar-refractivity contribution >= 4 is 17.3 Å². The van der Waals surface area contributed by atoms with Crippen LogP contribution in [0.2, 0.25) is 0 Å². The molecule has 1 aliphatic rings. The normalized spacial score (nSPS) is 14.3. The number of anilines is 2. The Morgan fingerprint density at radius 3 is 2.04 bits per heavy atom.